The highest BCUT2D eigenvalue weighted by atomic mass is 32.1. The number of hydrogen-bond donors (Lipinski definition) is 2. The van der Waals surface area contributed by atoms with Crippen LogP contribution in [0.3, 0.4) is 0 Å². The average Bonchev–Trinajstić information content (AvgIpc) is 3.20. The summed E-state index contributed by atoms with van der Waals surface area (Å²) in [5, 5.41) is 4.31. The highest BCUT2D eigenvalue weighted by Gasteiger charge is 2.32. The van der Waals surface area contributed by atoms with E-state index in [0.717, 1.165) is 49.0 Å². The van der Waals surface area contributed by atoms with Gasteiger partial charge in [0.1, 0.15) is 0 Å². The first kappa shape index (κ1) is 13.9. The van der Waals surface area contributed by atoms with E-state index in [4.69, 9.17) is 10.5 Å². The molecule has 1 saturated carbocycles. The third-order valence-electron chi connectivity index (χ3n) is 3.78. The lowest BCUT2D eigenvalue weighted by Crippen LogP contribution is -2.43. The summed E-state index contributed by atoms with van der Waals surface area (Å²) in [4.78, 5) is 15.0. The fourth-order valence-electron chi connectivity index (χ4n) is 2.42. The first-order valence-electron chi connectivity index (χ1n) is 7.11. The summed E-state index contributed by atoms with van der Waals surface area (Å²) in [6.07, 6.45) is 2.22. The van der Waals surface area contributed by atoms with E-state index >= 15 is 0 Å². The highest BCUT2D eigenvalue weighted by molar-refractivity contribution is 7.18. The molecule has 0 amide bonds. The number of hydrogen-bond acceptors (Lipinski definition) is 6. The minimum absolute atomic E-state index is 0.194. The first-order valence-corrected chi connectivity index (χ1v) is 7.92. The van der Waals surface area contributed by atoms with Crippen LogP contribution < -0.4 is 11.1 Å². The van der Waals surface area contributed by atoms with Gasteiger partial charge in [0.2, 0.25) is 0 Å². The molecular formula is C14H21N3O2S. The number of morpholine rings is 1. The number of ketones is 1. The zero-order valence-corrected chi connectivity index (χ0v) is 12.5. The monoisotopic (exact) mass is 295 g/mol. The van der Waals surface area contributed by atoms with Crippen molar-refractivity contribution in [2.24, 2.45) is 5.92 Å². The van der Waals surface area contributed by atoms with Crippen molar-refractivity contribution in [2.45, 2.75) is 18.9 Å². The van der Waals surface area contributed by atoms with Crippen molar-refractivity contribution in [3.05, 3.63) is 10.9 Å². The van der Waals surface area contributed by atoms with E-state index in [1.165, 1.54) is 11.3 Å². The Morgan fingerprint density at radius 3 is 3.10 bits per heavy atom. The van der Waals surface area contributed by atoms with Gasteiger partial charge in [-0.15, -0.1) is 11.3 Å². The first-order chi connectivity index (χ1) is 9.63. The van der Waals surface area contributed by atoms with Gasteiger partial charge in [-0.3, -0.25) is 4.79 Å². The molecule has 2 fully saturated rings. The van der Waals surface area contributed by atoms with Gasteiger partial charge in [0.25, 0.3) is 0 Å². The average molecular weight is 295 g/mol. The molecule has 6 heteroatoms. The quantitative estimate of drug-likeness (QED) is 0.809. The van der Waals surface area contributed by atoms with Crippen molar-refractivity contribution in [3.63, 3.8) is 0 Å². The molecule has 3 rings (SSSR count). The van der Waals surface area contributed by atoms with E-state index in [1.807, 2.05) is 6.07 Å². The summed E-state index contributed by atoms with van der Waals surface area (Å²) >= 11 is 1.47. The van der Waals surface area contributed by atoms with Crippen LogP contribution in [0.5, 0.6) is 0 Å². The molecule has 0 bridgehead atoms. The number of nitrogens with two attached hydrogens (primary N) is 1. The second-order valence-electron chi connectivity index (χ2n) is 5.67. The lowest BCUT2D eigenvalue weighted by atomic mass is 10.2. The molecule has 1 aromatic heterocycles. The molecule has 110 valence electrons. The molecule has 3 N–H and O–H groups in total. The number of likely N-dealkylation sites (N-methyl/N-ethyl adjacent to an activating group) is 1. The lowest BCUT2D eigenvalue weighted by Gasteiger charge is -2.30. The van der Waals surface area contributed by atoms with Crippen LogP contribution in [-0.4, -0.2) is 50.1 Å². The number of nitrogens with one attached hydrogen (secondary N) is 1. The molecule has 1 aliphatic heterocycles. The highest BCUT2D eigenvalue weighted by Crippen LogP contribution is 2.38. The van der Waals surface area contributed by atoms with Gasteiger partial charge in [0.15, 0.2) is 5.78 Å². The third kappa shape index (κ3) is 3.13. The number of carbonyl (C=O) groups excluding carboxylic acids is 1. The van der Waals surface area contributed by atoms with Crippen LogP contribution in [0.15, 0.2) is 6.07 Å². The maximum absolute atomic E-state index is 12.1. The Morgan fingerprint density at radius 1 is 1.60 bits per heavy atom. The smallest absolute Gasteiger partial charge is 0.178 e. The predicted octanol–water partition coefficient (Wildman–Crippen LogP) is 1.67. The molecule has 1 unspecified atom stereocenters. The number of thiophene rings is 1. The van der Waals surface area contributed by atoms with E-state index in [2.05, 4.69) is 17.3 Å². The van der Waals surface area contributed by atoms with E-state index in [-0.39, 0.29) is 17.8 Å². The minimum atomic E-state index is 0.194. The maximum Gasteiger partial charge on any atom is 0.178 e. The van der Waals surface area contributed by atoms with Gasteiger partial charge >= 0.3 is 0 Å². The molecule has 0 spiro atoms. The van der Waals surface area contributed by atoms with Crippen LogP contribution in [0.2, 0.25) is 0 Å². The van der Waals surface area contributed by atoms with E-state index in [0.29, 0.717) is 5.69 Å². The molecule has 1 aromatic rings. The summed E-state index contributed by atoms with van der Waals surface area (Å²) < 4.78 is 5.71. The van der Waals surface area contributed by atoms with Crippen molar-refractivity contribution in [3.8, 4) is 0 Å². The second-order valence-corrected chi connectivity index (χ2v) is 6.72. The minimum Gasteiger partial charge on any atom is -0.397 e. The number of ether oxygens (including phenoxy) is 1. The second kappa shape index (κ2) is 5.71. The zero-order chi connectivity index (χ0) is 14.1. The summed E-state index contributed by atoms with van der Waals surface area (Å²) in [5.74, 6) is 0.438. The van der Waals surface area contributed by atoms with Gasteiger partial charge in [0.05, 0.1) is 28.3 Å². The number of Topliss-reactive ketones (excluding diaryl/α,β-unsaturated/α-hetero) is 1. The molecule has 0 aromatic carbocycles. The molecule has 1 atom stereocenters. The summed E-state index contributed by atoms with van der Waals surface area (Å²) in [7, 11) is 2.10. The Hall–Kier alpha value is -1.11. The molecule has 1 aliphatic carbocycles. The summed E-state index contributed by atoms with van der Waals surface area (Å²) in [6.45, 7) is 3.45. The van der Waals surface area contributed by atoms with Crippen molar-refractivity contribution in [1.29, 1.82) is 0 Å². The number of carbonyl (C=O) groups is 1. The number of nitrogen functional groups attached to an aromatic ring is 1. The summed E-state index contributed by atoms with van der Waals surface area (Å²) in [5.41, 5.74) is 6.56. The predicted molar refractivity (Wildman–Crippen MR) is 81.5 cm³/mol. The largest absolute Gasteiger partial charge is 0.397 e. The van der Waals surface area contributed by atoms with Gasteiger partial charge in [-0.2, -0.15) is 0 Å². The molecule has 1 saturated heterocycles. The normalized spacial score (nSPS) is 23.8. The van der Waals surface area contributed by atoms with Gasteiger partial charge in [-0.1, -0.05) is 0 Å². The van der Waals surface area contributed by atoms with Crippen molar-refractivity contribution in [2.75, 3.05) is 44.3 Å². The fraction of sp³-hybridized carbons (Fsp3) is 0.643. The van der Waals surface area contributed by atoms with Gasteiger partial charge in [-0.25, -0.2) is 0 Å². The molecule has 0 radical (unpaired) electrons. The Balaban J connectivity index is 1.57. The molecule has 5 nitrogen and oxygen atoms in total. The Labute approximate surface area is 123 Å². The number of nitrogens with zero attached hydrogens (tertiary/aromatic N) is 1. The van der Waals surface area contributed by atoms with E-state index in [9.17, 15) is 4.79 Å². The zero-order valence-electron chi connectivity index (χ0n) is 11.7. The topological polar surface area (TPSA) is 67.6 Å². The summed E-state index contributed by atoms with van der Waals surface area (Å²) in [6, 6.07) is 1.87. The van der Waals surface area contributed by atoms with Crippen LogP contribution in [-0.2, 0) is 4.74 Å². The van der Waals surface area contributed by atoms with E-state index < -0.39 is 0 Å². The molecular weight excluding hydrogens is 274 g/mol. The van der Waals surface area contributed by atoms with Crippen LogP contribution in [0.1, 0.15) is 22.5 Å². The van der Waals surface area contributed by atoms with Gasteiger partial charge in [-0.05, 0) is 26.0 Å². The van der Waals surface area contributed by atoms with Crippen molar-refractivity contribution in [1.82, 2.24) is 4.90 Å². The van der Waals surface area contributed by atoms with E-state index in [1.54, 1.807) is 0 Å². The van der Waals surface area contributed by atoms with Crippen LogP contribution in [0.25, 0.3) is 0 Å². The van der Waals surface area contributed by atoms with Crippen molar-refractivity contribution < 1.29 is 9.53 Å². The standard InChI is InChI=1S/C14H21N3O2S/c1-17-4-5-19-10(8-17)7-16-12-6-11(15)14(20-12)13(18)9-2-3-9/h6,9-10,16H,2-5,7-8,15H2,1H3. The molecule has 2 heterocycles. The Kier molecular flexibility index (Phi) is 3.96. The van der Waals surface area contributed by atoms with Crippen molar-refractivity contribution >= 4 is 27.8 Å². The lowest BCUT2D eigenvalue weighted by molar-refractivity contribution is -0.0116. The van der Waals surface area contributed by atoms with Gasteiger partial charge < -0.3 is 20.7 Å². The SMILES string of the molecule is CN1CCOC(CNc2cc(N)c(C(=O)C3CC3)s2)C1. The van der Waals surface area contributed by atoms with Gasteiger partial charge in [0, 0.05) is 25.6 Å². The Bertz CT molecular complexity index is 499. The maximum atomic E-state index is 12.1. The molecule has 20 heavy (non-hydrogen) atoms. The number of rotatable bonds is 5. The van der Waals surface area contributed by atoms with Crippen LogP contribution >= 0.6 is 11.3 Å². The Morgan fingerprint density at radius 2 is 2.40 bits per heavy atom. The van der Waals surface area contributed by atoms with Crippen LogP contribution in [0, 0.1) is 5.92 Å². The van der Waals surface area contributed by atoms with Crippen LogP contribution in [0.4, 0.5) is 10.7 Å². The number of anilines is 2. The third-order valence-corrected chi connectivity index (χ3v) is 4.90. The fourth-order valence-corrected chi connectivity index (χ4v) is 3.43. The molecule has 2 aliphatic rings.